The zero-order chi connectivity index (χ0) is 30.9. The predicted octanol–water partition coefficient (Wildman–Crippen LogP) is 6.48. The van der Waals surface area contributed by atoms with E-state index in [0.717, 1.165) is 23.3 Å². The molecule has 0 radical (unpaired) electrons. The van der Waals surface area contributed by atoms with Crippen molar-refractivity contribution in [3.05, 3.63) is 113 Å². The summed E-state index contributed by atoms with van der Waals surface area (Å²) < 4.78 is 33.7. The fourth-order valence-corrected chi connectivity index (χ4v) is 4.69. The molecule has 1 aliphatic heterocycles. The topological polar surface area (TPSA) is 124 Å². The number of nitrogen functional groups attached to an aromatic ring is 1. The minimum atomic E-state index is -1.07. The van der Waals surface area contributed by atoms with E-state index >= 15 is 0 Å². The van der Waals surface area contributed by atoms with Crippen LogP contribution in [-0.2, 0) is 29.2 Å². The number of aromatic nitrogens is 2. The van der Waals surface area contributed by atoms with Crippen LogP contribution in [0.25, 0.3) is 22.0 Å². The summed E-state index contributed by atoms with van der Waals surface area (Å²) in [7, 11) is 0. The molecule has 10 heteroatoms. The molecule has 0 bridgehead atoms. The summed E-state index contributed by atoms with van der Waals surface area (Å²) in [4.78, 5) is 35.7. The number of ether oxygens (including phenoxy) is 1. The molecule has 0 atom stereocenters. The third-order valence-electron chi connectivity index (χ3n) is 6.80. The van der Waals surface area contributed by atoms with E-state index in [2.05, 4.69) is 16.5 Å². The number of carbonyl (C=O) groups is 2. The summed E-state index contributed by atoms with van der Waals surface area (Å²) in [5.41, 5.74) is 15.0. The quantitative estimate of drug-likeness (QED) is 0.175. The lowest BCUT2D eigenvalue weighted by molar-refractivity contribution is -0.145. The Morgan fingerprint density at radius 2 is 1.73 bits per heavy atom. The standard InChI is InChI=1S/C28H25F2N5O3.C5H8.CH4/c29-22-11-19(15-38-25(36)6-3-9-31)20(12-23(22)30)16-7-8-24-21(10-16)26(34-28(32)33-24)27(37)35-13-17-4-1-2-5-18(17)14-35;1-3-5-4-2;/h1-2,4-5,7-8,10-12H,3,6,9,13-15,31H2,(H2,32,33,34);3-5H,1H2,2H3;1H4/b;5-4-;. The van der Waals surface area contributed by atoms with E-state index in [0.29, 0.717) is 48.1 Å². The van der Waals surface area contributed by atoms with E-state index in [1.54, 1.807) is 29.2 Å². The molecule has 1 aromatic heterocycles. The highest BCUT2D eigenvalue weighted by Crippen LogP contribution is 2.32. The van der Waals surface area contributed by atoms with Gasteiger partial charge in [0.25, 0.3) is 5.91 Å². The van der Waals surface area contributed by atoms with Crippen molar-refractivity contribution in [2.75, 3.05) is 12.3 Å². The van der Waals surface area contributed by atoms with E-state index < -0.39 is 17.6 Å². The third kappa shape index (κ3) is 7.90. The molecule has 0 saturated heterocycles. The van der Waals surface area contributed by atoms with Gasteiger partial charge in [0.15, 0.2) is 11.6 Å². The first-order valence-electron chi connectivity index (χ1n) is 13.8. The summed E-state index contributed by atoms with van der Waals surface area (Å²) in [6, 6.07) is 14.8. The highest BCUT2D eigenvalue weighted by Gasteiger charge is 2.27. The molecule has 1 amide bonds. The molecule has 3 aromatic carbocycles. The molecule has 1 aliphatic rings. The van der Waals surface area contributed by atoms with Crippen LogP contribution in [0.3, 0.4) is 0 Å². The molecule has 0 unspecified atom stereocenters. The van der Waals surface area contributed by atoms with Gasteiger partial charge >= 0.3 is 5.97 Å². The van der Waals surface area contributed by atoms with Crippen LogP contribution in [0, 0.1) is 11.6 Å². The Morgan fingerprint density at radius 3 is 2.34 bits per heavy atom. The van der Waals surface area contributed by atoms with Gasteiger partial charge in [0.05, 0.1) is 5.52 Å². The van der Waals surface area contributed by atoms with Gasteiger partial charge in [0.1, 0.15) is 12.3 Å². The molecule has 230 valence electrons. The van der Waals surface area contributed by atoms with E-state index in [4.69, 9.17) is 16.2 Å². The average Bonchev–Trinajstić information content (AvgIpc) is 3.44. The van der Waals surface area contributed by atoms with Crippen molar-refractivity contribution in [1.29, 1.82) is 0 Å². The maximum absolute atomic E-state index is 14.3. The first kappa shape index (κ1) is 33.5. The van der Waals surface area contributed by atoms with Crippen LogP contribution in [0.5, 0.6) is 0 Å². The molecule has 2 heterocycles. The number of anilines is 1. The van der Waals surface area contributed by atoms with Crippen molar-refractivity contribution in [2.24, 2.45) is 5.73 Å². The molecular weight excluding hydrogens is 564 g/mol. The predicted molar refractivity (Wildman–Crippen MR) is 169 cm³/mol. The molecule has 4 N–H and O–H groups in total. The van der Waals surface area contributed by atoms with E-state index in [1.165, 1.54) is 0 Å². The van der Waals surface area contributed by atoms with Gasteiger partial charge in [0, 0.05) is 30.5 Å². The van der Waals surface area contributed by atoms with E-state index in [-0.39, 0.29) is 43.6 Å². The van der Waals surface area contributed by atoms with E-state index in [1.807, 2.05) is 43.3 Å². The molecule has 4 aromatic rings. The van der Waals surface area contributed by atoms with Crippen molar-refractivity contribution in [1.82, 2.24) is 14.9 Å². The van der Waals surface area contributed by atoms with Crippen LogP contribution in [0.2, 0.25) is 0 Å². The Hall–Kier alpha value is -4.96. The van der Waals surface area contributed by atoms with Gasteiger partial charge in [-0.15, -0.1) is 0 Å². The lowest BCUT2D eigenvalue weighted by Gasteiger charge is -2.17. The largest absolute Gasteiger partial charge is 0.461 e. The van der Waals surface area contributed by atoms with Gasteiger partial charge in [-0.2, -0.15) is 0 Å². The molecule has 0 fully saturated rings. The monoisotopic (exact) mass is 601 g/mol. The van der Waals surface area contributed by atoms with Crippen LogP contribution in [0.15, 0.2) is 79.4 Å². The Bertz CT molecular complexity index is 1660. The van der Waals surface area contributed by atoms with Crippen LogP contribution >= 0.6 is 0 Å². The number of rotatable bonds is 8. The number of hydrogen-bond donors (Lipinski definition) is 2. The number of carbonyl (C=O) groups excluding carboxylic acids is 2. The molecule has 5 rings (SSSR count). The zero-order valence-corrected chi connectivity index (χ0v) is 23.9. The summed E-state index contributed by atoms with van der Waals surface area (Å²) in [6.07, 6.45) is 6.15. The van der Waals surface area contributed by atoms with Crippen LogP contribution in [0.1, 0.15) is 54.4 Å². The molecule has 0 spiro atoms. The maximum Gasteiger partial charge on any atom is 0.306 e. The minimum absolute atomic E-state index is 0. The van der Waals surface area contributed by atoms with Gasteiger partial charge in [-0.05, 0) is 66.4 Å². The van der Waals surface area contributed by atoms with Crippen molar-refractivity contribution in [2.45, 2.75) is 46.9 Å². The van der Waals surface area contributed by atoms with Crippen LogP contribution in [-0.4, -0.2) is 33.3 Å². The SMILES string of the molecule is C.C=C/C=C\C.NCCCC(=O)OCc1cc(F)c(F)cc1-c1ccc2nc(N)nc(C(=O)N3Cc4ccccc4C3)c2c1. The first-order valence-corrected chi connectivity index (χ1v) is 13.8. The molecule has 0 saturated carbocycles. The van der Waals surface area contributed by atoms with Crippen LogP contribution in [0.4, 0.5) is 14.7 Å². The normalized spacial score (nSPS) is 11.9. The van der Waals surface area contributed by atoms with Gasteiger partial charge in [-0.25, -0.2) is 18.7 Å². The molecule has 8 nitrogen and oxygen atoms in total. The first-order chi connectivity index (χ1) is 20.7. The summed E-state index contributed by atoms with van der Waals surface area (Å²) in [5.74, 6) is -2.99. The average molecular weight is 602 g/mol. The van der Waals surface area contributed by atoms with Crippen molar-refractivity contribution < 1.29 is 23.1 Å². The number of esters is 1. The number of fused-ring (bicyclic) bond motifs is 2. The highest BCUT2D eigenvalue weighted by molar-refractivity contribution is 6.06. The molecular formula is C34H37F2N5O3. The van der Waals surface area contributed by atoms with Crippen LogP contribution < -0.4 is 11.5 Å². The zero-order valence-electron chi connectivity index (χ0n) is 23.9. The third-order valence-corrected chi connectivity index (χ3v) is 6.80. The van der Waals surface area contributed by atoms with Crippen molar-refractivity contribution >= 4 is 28.7 Å². The summed E-state index contributed by atoms with van der Waals surface area (Å²) in [5, 5.41) is 0.410. The summed E-state index contributed by atoms with van der Waals surface area (Å²) >= 11 is 0. The second-order valence-electron chi connectivity index (χ2n) is 9.83. The summed E-state index contributed by atoms with van der Waals surface area (Å²) in [6.45, 7) is 6.36. The van der Waals surface area contributed by atoms with Gasteiger partial charge in [0.2, 0.25) is 5.95 Å². The van der Waals surface area contributed by atoms with E-state index in [9.17, 15) is 18.4 Å². The number of allylic oxidation sites excluding steroid dienone is 3. The minimum Gasteiger partial charge on any atom is -0.461 e. The number of hydrogen-bond acceptors (Lipinski definition) is 7. The fraction of sp³-hybridized carbons (Fsp3) is 0.235. The van der Waals surface area contributed by atoms with Gasteiger partial charge in [-0.1, -0.05) is 62.6 Å². The number of halogens is 2. The van der Waals surface area contributed by atoms with Gasteiger partial charge < -0.3 is 21.1 Å². The Balaban J connectivity index is 0.000000817. The Morgan fingerprint density at radius 1 is 1.05 bits per heavy atom. The highest BCUT2D eigenvalue weighted by atomic mass is 19.2. The molecule has 44 heavy (non-hydrogen) atoms. The second-order valence-corrected chi connectivity index (χ2v) is 9.83. The van der Waals surface area contributed by atoms with Crippen molar-refractivity contribution in [3.63, 3.8) is 0 Å². The second kappa shape index (κ2) is 15.5. The lowest BCUT2D eigenvalue weighted by Crippen LogP contribution is -2.27. The fourth-order valence-electron chi connectivity index (χ4n) is 4.69. The molecule has 0 aliphatic carbocycles. The smallest absolute Gasteiger partial charge is 0.306 e. The van der Waals surface area contributed by atoms with Gasteiger partial charge in [-0.3, -0.25) is 9.59 Å². The Labute approximate surface area is 256 Å². The number of nitrogens with zero attached hydrogens (tertiary/aromatic N) is 3. The number of amides is 1. The number of nitrogens with two attached hydrogens (primary N) is 2. The van der Waals surface area contributed by atoms with Crippen molar-refractivity contribution in [3.8, 4) is 11.1 Å². The maximum atomic E-state index is 14.3. The Kier molecular flexibility index (Phi) is 11.8. The number of benzene rings is 3. The lowest BCUT2D eigenvalue weighted by atomic mass is 9.97.